The Hall–Kier alpha value is -2.05. The SMILES string of the molecule is CCOc1cccc(/C=C(/C#N)c2ccc(Br)cc2)c1. The van der Waals surface area contributed by atoms with Gasteiger partial charge in [0.15, 0.2) is 0 Å². The molecule has 2 aromatic carbocycles. The highest BCUT2D eigenvalue weighted by Gasteiger charge is 2.02. The quantitative estimate of drug-likeness (QED) is 0.590. The Morgan fingerprint density at radius 1 is 1.25 bits per heavy atom. The minimum atomic E-state index is 0.630. The number of hydrogen-bond acceptors (Lipinski definition) is 2. The summed E-state index contributed by atoms with van der Waals surface area (Å²) in [5.41, 5.74) is 2.49. The monoisotopic (exact) mass is 327 g/mol. The maximum absolute atomic E-state index is 9.32. The van der Waals surface area contributed by atoms with Crippen LogP contribution in [0.2, 0.25) is 0 Å². The van der Waals surface area contributed by atoms with E-state index in [4.69, 9.17) is 4.74 Å². The van der Waals surface area contributed by atoms with E-state index >= 15 is 0 Å². The van der Waals surface area contributed by atoms with E-state index in [0.29, 0.717) is 12.2 Å². The lowest BCUT2D eigenvalue weighted by Gasteiger charge is -2.04. The zero-order valence-corrected chi connectivity index (χ0v) is 12.7. The smallest absolute Gasteiger partial charge is 0.119 e. The van der Waals surface area contributed by atoms with Crippen LogP contribution in [0, 0.1) is 11.3 Å². The highest BCUT2D eigenvalue weighted by molar-refractivity contribution is 9.10. The van der Waals surface area contributed by atoms with Crippen molar-refractivity contribution in [2.45, 2.75) is 6.92 Å². The van der Waals surface area contributed by atoms with E-state index in [2.05, 4.69) is 22.0 Å². The van der Waals surface area contributed by atoms with Crippen molar-refractivity contribution in [2.24, 2.45) is 0 Å². The van der Waals surface area contributed by atoms with Crippen LogP contribution in [-0.4, -0.2) is 6.61 Å². The van der Waals surface area contributed by atoms with Crippen molar-refractivity contribution in [1.29, 1.82) is 5.26 Å². The molecule has 0 amide bonds. The molecule has 0 radical (unpaired) electrons. The molecule has 3 heteroatoms. The van der Waals surface area contributed by atoms with Crippen LogP contribution in [0.15, 0.2) is 53.0 Å². The predicted octanol–water partition coefficient (Wildman–Crippen LogP) is 4.91. The Balaban J connectivity index is 2.34. The van der Waals surface area contributed by atoms with E-state index in [-0.39, 0.29) is 0 Å². The third-order valence-corrected chi connectivity index (χ3v) is 3.28. The van der Waals surface area contributed by atoms with Crippen LogP contribution < -0.4 is 4.74 Å². The second-order valence-corrected chi connectivity index (χ2v) is 5.10. The second-order valence-electron chi connectivity index (χ2n) is 4.18. The minimum Gasteiger partial charge on any atom is -0.494 e. The summed E-state index contributed by atoms with van der Waals surface area (Å²) in [6.45, 7) is 2.58. The zero-order valence-electron chi connectivity index (χ0n) is 11.1. The van der Waals surface area contributed by atoms with Crippen molar-refractivity contribution in [2.75, 3.05) is 6.61 Å². The normalized spacial score (nSPS) is 10.9. The summed E-state index contributed by atoms with van der Waals surface area (Å²) in [7, 11) is 0. The molecule has 0 bridgehead atoms. The van der Waals surface area contributed by atoms with Gasteiger partial charge in [-0.1, -0.05) is 40.2 Å². The Morgan fingerprint density at radius 3 is 2.65 bits per heavy atom. The fourth-order valence-electron chi connectivity index (χ4n) is 1.84. The van der Waals surface area contributed by atoms with Crippen molar-refractivity contribution in [3.05, 3.63) is 64.1 Å². The average molecular weight is 328 g/mol. The van der Waals surface area contributed by atoms with Crippen LogP contribution in [-0.2, 0) is 0 Å². The Labute approximate surface area is 127 Å². The predicted molar refractivity (Wildman–Crippen MR) is 85.2 cm³/mol. The molecular formula is C17H14BrNO. The van der Waals surface area contributed by atoms with Crippen molar-refractivity contribution in [3.8, 4) is 11.8 Å². The van der Waals surface area contributed by atoms with Gasteiger partial charge in [0.25, 0.3) is 0 Å². The van der Waals surface area contributed by atoms with Gasteiger partial charge in [-0.2, -0.15) is 5.26 Å². The maximum atomic E-state index is 9.32. The summed E-state index contributed by atoms with van der Waals surface area (Å²) in [6, 6.07) is 17.7. The Kier molecular flexibility index (Phi) is 4.97. The molecule has 0 aliphatic carbocycles. The highest BCUT2D eigenvalue weighted by atomic mass is 79.9. The molecule has 20 heavy (non-hydrogen) atoms. The Morgan fingerprint density at radius 2 is 2.00 bits per heavy atom. The number of nitriles is 1. The van der Waals surface area contributed by atoms with Crippen LogP contribution in [0.4, 0.5) is 0 Å². The van der Waals surface area contributed by atoms with Gasteiger partial charge in [0.1, 0.15) is 5.75 Å². The lowest BCUT2D eigenvalue weighted by atomic mass is 10.0. The molecule has 0 unspecified atom stereocenters. The van der Waals surface area contributed by atoms with Crippen LogP contribution in [0.1, 0.15) is 18.1 Å². The summed E-state index contributed by atoms with van der Waals surface area (Å²) >= 11 is 3.39. The van der Waals surface area contributed by atoms with Crippen molar-refractivity contribution in [3.63, 3.8) is 0 Å². The zero-order chi connectivity index (χ0) is 14.4. The average Bonchev–Trinajstić information content (AvgIpc) is 2.47. The number of benzene rings is 2. The minimum absolute atomic E-state index is 0.630. The molecule has 0 aliphatic heterocycles. The van der Waals surface area contributed by atoms with Crippen molar-refractivity contribution < 1.29 is 4.74 Å². The first-order chi connectivity index (χ1) is 9.72. The summed E-state index contributed by atoms with van der Waals surface area (Å²) in [5.74, 6) is 0.814. The van der Waals surface area contributed by atoms with Crippen LogP contribution in [0.5, 0.6) is 5.75 Å². The van der Waals surface area contributed by atoms with E-state index in [0.717, 1.165) is 21.3 Å². The third kappa shape index (κ3) is 3.72. The molecular weight excluding hydrogens is 314 g/mol. The van der Waals surface area contributed by atoms with Crippen molar-refractivity contribution in [1.82, 2.24) is 0 Å². The molecule has 2 aromatic rings. The number of allylic oxidation sites excluding steroid dienone is 1. The molecule has 2 rings (SSSR count). The molecule has 0 aliphatic rings. The Bertz CT molecular complexity index is 653. The van der Waals surface area contributed by atoms with Gasteiger partial charge in [0.2, 0.25) is 0 Å². The van der Waals surface area contributed by atoms with E-state index < -0.39 is 0 Å². The van der Waals surface area contributed by atoms with E-state index in [1.54, 1.807) is 0 Å². The molecule has 0 atom stereocenters. The van der Waals surface area contributed by atoms with Crippen LogP contribution in [0.3, 0.4) is 0 Å². The third-order valence-electron chi connectivity index (χ3n) is 2.76. The molecule has 0 N–H and O–H groups in total. The fraction of sp³-hybridized carbons (Fsp3) is 0.118. The van der Waals surface area contributed by atoms with Crippen molar-refractivity contribution >= 4 is 27.6 Å². The summed E-state index contributed by atoms with van der Waals surface area (Å²) in [4.78, 5) is 0. The molecule has 0 spiro atoms. The lowest BCUT2D eigenvalue weighted by Crippen LogP contribution is -1.91. The number of halogens is 1. The van der Waals surface area contributed by atoms with Gasteiger partial charge in [0, 0.05) is 4.47 Å². The lowest BCUT2D eigenvalue weighted by molar-refractivity contribution is 0.340. The fourth-order valence-corrected chi connectivity index (χ4v) is 2.10. The van der Waals surface area contributed by atoms with Gasteiger partial charge in [-0.25, -0.2) is 0 Å². The molecule has 2 nitrogen and oxygen atoms in total. The number of rotatable bonds is 4. The summed E-state index contributed by atoms with van der Waals surface area (Å²) in [6.07, 6.45) is 1.87. The molecule has 0 aromatic heterocycles. The first kappa shape index (κ1) is 14.4. The first-order valence-corrected chi connectivity index (χ1v) is 7.13. The van der Waals surface area contributed by atoms with Crippen LogP contribution >= 0.6 is 15.9 Å². The maximum Gasteiger partial charge on any atom is 0.119 e. The molecule has 0 saturated heterocycles. The first-order valence-electron chi connectivity index (χ1n) is 6.33. The van der Waals surface area contributed by atoms with Gasteiger partial charge < -0.3 is 4.74 Å². The second kappa shape index (κ2) is 6.93. The van der Waals surface area contributed by atoms with Gasteiger partial charge >= 0.3 is 0 Å². The molecule has 0 heterocycles. The molecule has 100 valence electrons. The molecule has 0 saturated carbocycles. The summed E-state index contributed by atoms with van der Waals surface area (Å²) < 4.78 is 6.46. The highest BCUT2D eigenvalue weighted by Crippen LogP contribution is 2.22. The van der Waals surface area contributed by atoms with Gasteiger partial charge in [-0.05, 0) is 48.4 Å². The van der Waals surface area contributed by atoms with Gasteiger partial charge in [0.05, 0.1) is 18.2 Å². The number of ether oxygens (including phenoxy) is 1. The summed E-state index contributed by atoms with van der Waals surface area (Å²) in [5, 5.41) is 9.32. The number of hydrogen-bond donors (Lipinski definition) is 0. The van der Waals surface area contributed by atoms with E-state index in [1.807, 2.05) is 61.5 Å². The molecule has 0 fully saturated rings. The van der Waals surface area contributed by atoms with E-state index in [9.17, 15) is 5.26 Å². The van der Waals surface area contributed by atoms with E-state index in [1.165, 1.54) is 0 Å². The van der Waals surface area contributed by atoms with Gasteiger partial charge in [-0.15, -0.1) is 0 Å². The number of nitrogens with zero attached hydrogens (tertiary/aromatic N) is 1. The van der Waals surface area contributed by atoms with Crippen LogP contribution in [0.25, 0.3) is 11.6 Å². The largest absolute Gasteiger partial charge is 0.494 e. The van der Waals surface area contributed by atoms with Gasteiger partial charge in [-0.3, -0.25) is 0 Å². The standard InChI is InChI=1S/C17H14BrNO/c1-2-20-17-5-3-4-13(11-17)10-15(12-19)14-6-8-16(18)9-7-14/h3-11H,2H2,1H3/b15-10-. The topological polar surface area (TPSA) is 33.0 Å².